The lowest BCUT2D eigenvalue weighted by Gasteiger charge is -2.10. The molecule has 0 spiro atoms. The molecule has 0 atom stereocenters. The summed E-state index contributed by atoms with van der Waals surface area (Å²) in [5.41, 5.74) is 2.51. The van der Waals surface area contributed by atoms with Crippen molar-refractivity contribution in [3.05, 3.63) is 52.2 Å². The first-order valence-electron chi connectivity index (χ1n) is 6.26. The predicted octanol–water partition coefficient (Wildman–Crippen LogP) is 2.95. The number of aryl methyl sites for hydroxylation is 1. The minimum Gasteiger partial charge on any atom is -0.481 e. The van der Waals surface area contributed by atoms with E-state index in [4.69, 9.17) is 5.11 Å². The number of carbonyl (C=O) groups is 2. The molecule has 104 valence electrons. The molecule has 0 aliphatic carbocycles. The number of para-hydroxylation sites is 1. The fraction of sp³-hybridized carbons (Fsp3) is 0.200. The topological polar surface area (TPSA) is 66.4 Å². The Morgan fingerprint density at radius 1 is 1.20 bits per heavy atom. The number of rotatable bonds is 6. The molecule has 0 aliphatic heterocycles. The van der Waals surface area contributed by atoms with E-state index in [2.05, 4.69) is 5.32 Å². The Morgan fingerprint density at radius 3 is 2.70 bits per heavy atom. The third kappa shape index (κ3) is 4.20. The molecular formula is C15H15NO3S. The lowest BCUT2D eigenvalue weighted by atomic mass is 10.1. The molecule has 0 bridgehead atoms. The van der Waals surface area contributed by atoms with Crippen LogP contribution in [0.4, 0.5) is 5.69 Å². The van der Waals surface area contributed by atoms with Crippen molar-refractivity contribution in [2.45, 2.75) is 19.3 Å². The van der Waals surface area contributed by atoms with E-state index >= 15 is 0 Å². The summed E-state index contributed by atoms with van der Waals surface area (Å²) < 4.78 is 0. The number of carboxylic acid groups (broad SMARTS) is 1. The number of carboxylic acids is 1. The van der Waals surface area contributed by atoms with Crippen LogP contribution >= 0.6 is 11.3 Å². The standard InChI is InChI=1S/C15H15NO3S/c17-14(9-11-7-8-20-10-11)16-13-4-2-1-3-12(13)5-6-15(18)19/h1-4,7-8,10H,5-6,9H2,(H,16,17)(H,18,19). The number of aliphatic carboxylic acids is 1. The van der Waals surface area contributed by atoms with Gasteiger partial charge in [-0.3, -0.25) is 9.59 Å². The number of benzene rings is 1. The van der Waals surface area contributed by atoms with Gasteiger partial charge in [0.1, 0.15) is 0 Å². The Labute approximate surface area is 121 Å². The highest BCUT2D eigenvalue weighted by atomic mass is 32.1. The summed E-state index contributed by atoms with van der Waals surface area (Å²) in [7, 11) is 0. The van der Waals surface area contributed by atoms with Crippen LogP contribution in [-0.4, -0.2) is 17.0 Å². The van der Waals surface area contributed by atoms with Crippen molar-refractivity contribution in [1.82, 2.24) is 0 Å². The molecule has 2 aromatic rings. The van der Waals surface area contributed by atoms with Crippen LogP contribution in [-0.2, 0) is 22.4 Å². The van der Waals surface area contributed by atoms with E-state index in [1.54, 1.807) is 17.4 Å². The summed E-state index contributed by atoms with van der Waals surface area (Å²) in [5, 5.41) is 15.5. The molecule has 0 radical (unpaired) electrons. The van der Waals surface area contributed by atoms with Crippen LogP contribution in [0.5, 0.6) is 0 Å². The zero-order valence-electron chi connectivity index (χ0n) is 10.8. The van der Waals surface area contributed by atoms with Crippen LogP contribution in [0.3, 0.4) is 0 Å². The first-order valence-corrected chi connectivity index (χ1v) is 7.20. The van der Waals surface area contributed by atoms with Gasteiger partial charge in [-0.2, -0.15) is 11.3 Å². The van der Waals surface area contributed by atoms with Gasteiger partial charge >= 0.3 is 5.97 Å². The number of amides is 1. The van der Waals surface area contributed by atoms with Gasteiger partial charge in [0.2, 0.25) is 5.91 Å². The molecule has 5 heteroatoms. The fourth-order valence-corrected chi connectivity index (χ4v) is 2.54. The average Bonchev–Trinajstić information content (AvgIpc) is 2.90. The number of anilines is 1. The van der Waals surface area contributed by atoms with Crippen LogP contribution in [0.1, 0.15) is 17.5 Å². The number of hydrogen-bond acceptors (Lipinski definition) is 3. The van der Waals surface area contributed by atoms with E-state index in [1.807, 2.05) is 35.0 Å². The fourth-order valence-electron chi connectivity index (χ4n) is 1.87. The molecule has 20 heavy (non-hydrogen) atoms. The van der Waals surface area contributed by atoms with Gasteiger partial charge in [-0.25, -0.2) is 0 Å². The second-order valence-corrected chi connectivity index (χ2v) is 5.19. The lowest BCUT2D eigenvalue weighted by molar-refractivity contribution is -0.136. The highest BCUT2D eigenvalue weighted by Crippen LogP contribution is 2.17. The number of nitrogens with one attached hydrogen (secondary N) is 1. The van der Waals surface area contributed by atoms with Gasteiger partial charge in [-0.05, 0) is 40.4 Å². The third-order valence-corrected chi connectivity index (χ3v) is 3.58. The lowest BCUT2D eigenvalue weighted by Crippen LogP contribution is -2.15. The van der Waals surface area contributed by atoms with Crippen molar-refractivity contribution < 1.29 is 14.7 Å². The van der Waals surface area contributed by atoms with Crippen molar-refractivity contribution in [2.75, 3.05) is 5.32 Å². The number of carbonyl (C=O) groups excluding carboxylic acids is 1. The summed E-state index contributed by atoms with van der Waals surface area (Å²) in [5.74, 6) is -0.935. The molecule has 4 nitrogen and oxygen atoms in total. The second-order valence-electron chi connectivity index (χ2n) is 4.41. The summed E-state index contributed by atoms with van der Waals surface area (Å²) in [6, 6.07) is 9.21. The van der Waals surface area contributed by atoms with Gasteiger partial charge < -0.3 is 10.4 Å². The molecule has 0 saturated carbocycles. The largest absolute Gasteiger partial charge is 0.481 e. The van der Waals surface area contributed by atoms with E-state index < -0.39 is 5.97 Å². The normalized spacial score (nSPS) is 10.2. The first-order chi connectivity index (χ1) is 9.65. The molecule has 2 N–H and O–H groups in total. The Morgan fingerprint density at radius 2 is 2.00 bits per heavy atom. The number of thiophene rings is 1. The van der Waals surface area contributed by atoms with Crippen LogP contribution in [0, 0.1) is 0 Å². The first kappa shape index (κ1) is 14.3. The summed E-state index contributed by atoms with van der Waals surface area (Å²) in [4.78, 5) is 22.6. The maximum absolute atomic E-state index is 11.9. The molecule has 1 heterocycles. The molecule has 2 rings (SSSR count). The Balaban J connectivity index is 2.01. The van der Waals surface area contributed by atoms with E-state index in [-0.39, 0.29) is 12.3 Å². The zero-order valence-corrected chi connectivity index (χ0v) is 11.7. The van der Waals surface area contributed by atoms with Gasteiger partial charge in [0.05, 0.1) is 6.42 Å². The molecule has 1 aromatic carbocycles. The van der Waals surface area contributed by atoms with Gasteiger partial charge in [-0.15, -0.1) is 0 Å². The second kappa shape index (κ2) is 6.86. The van der Waals surface area contributed by atoms with Crippen molar-refractivity contribution in [3.8, 4) is 0 Å². The summed E-state index contributed by atoms with van der Waals surface area (Å²) >= 11 is 1.56. The van der Waals surface area contributed by atoms with E-state index in [1.165, 1.54) is 0 Å². The summed E-state index contributed by atoms with van der Waals surface area (Å²) in [6.45, 7) is 0. The molecule has 0 saturated heterocycles. The molecule has 0 fully saturated rings. The Hall–Kier alpha value is -2.14. The van der Waals surface area contributed by atoms with Crippen LogP contribution in [0.25, 0.3) is 0 Å². The maximum atomic E-state index is 11.9. The van der Waals surface area contributed by atoms with Crippen molar-refractivity contribution in [3.63, 3.8) is 0 Å². The number of hydrogen-bond donors (Lipinski definition) is 2. The third-order valence-electron chi connectivity index (χ3n) is 2.84. The van der Waals surface area contributed by atoms with Crippen LogP contribution < -0.4 is 5.32 Å². The SMILES string of the molecule is O=C(O)CCc1ccccc1NC(=O)Cc1ccsc1. The van der Waals surface area contributed by atoms with Crippen LogP contribution in [0.15, 0.2) is 41.1 Å². The predicted molar refractivity (Wildman–Crippen MR) is 79.1 cm³/mol. The Bertz CT molecular complexity index is 593. The minimum absolute atomic E-state index is 0.0530. The average molecular weight is 289 g/mol. The molecule has 1 aromatic heterocycles. The van der Waals surface area contributed by atoms with E-state index in [0.29, 0.717) is 18.5 Å². The quantitative estimate of drug-likeness (QED) is 0.859. The zero-order chi connectivity index (χ0) is 14.4. The van der Waals surface area contributed by atoms with E-state index in [9.17, 15) is 9.59 Å². The molecule has 0 unspecified atom stereocenters. The smallest absolute Gasteiger partial charge is 0.303 e. The van der Waals surface area contributed by atoms with Crippen molar-refractivity contribution in [2.24, 2.45) is 0 Å². The summed E-state index contributed by atoms with van der Waals surface area (Å²) in [6.07, 6.45) is 0.790. The van der Waals surface area contributed by atoms with Gasteiger partial charge in [0, 0.05) is 12.1 Å². The minimum atomic E-state index is -0.843. The van der Waals surface area contributed by atoms with E-state index in [0.717, 1.165) is 11.1 Å². The monoisotopic (exact) mass is 289 g/mol. The van der Waals surface area contributed by atoms with Crippen molar-refractivity contribution in [1.29, 1.82) is 0 Å². The molecule has 1 amide bonds. The maximum Gasteiger partial charge on any atom is 0.303 e. The molecular weight excluding hydrogens is 274 g/mol. The van der Waals surface area contributed by atoms with Gasteiger partial charge in [-0.1, -0.05) is 18.2 Å². The van der Waals surface area contributed by atoms with Gasteiger partial charge in [0.25, 0.3) is 0 Å². The Kier molecular flexibility index (Phi) is 4.90. The highest BCUT2D eigenvalue weighted by Gasteiger charge is 2.09. The van der Waals surface area contributed by atoms with Gasteiger partial charge in [0.15, 0.2) is 0 Å². The van der Waals surface area contributed by atoms with Crippen molar-refractivity contribution >= 4 is 28.9 Å². The molecule has 0 aliphatic rings. The van der Waals surface area contributed by atoms with Crippen LogP contribution in [0.2, 0.25) is 0 Å². The highest BCUT2D eigenvalue weighted by molar-refractivity contribution is 7.08.